The van der Waals surface area contributed by atoms with Crippen molar-refractivity contribution in [3.8, 4) is 0 Å². The van der Waals surface area contributed by atoms with E-state index in [0.717, 1.165) is 44.1 Å². The minimum Gasteiger partial charge on any atom is -0.383 e. The van der Waals surface area contributed by atoms with Gasteiger partial charge in [0.1, 0.15) is 5.82 Å². The van der Waals surface area contributed by atoms with E-state index in [9.17, 15) is 9.59 Å². The van der Waals surface area contributed by atoms with Gasteiger partial charge in [-0.1, -0.05) is 0 Å². The summed E-state index contributed by atoms with van der Waals surface area (Å²) in [6.45, 7) is 4.44. The average Bonchev–Trinajstić information content (AvgIpc) is 2.95. The number of rotatable bonds is 6. The van der Waals surface area contributed by atoms with E-state index in [1.807, 2.05) is 4.90 Å². The summed E-state index contributed by atoms with van der Waals surface area (Å²) in [5.74, 6) is 2.02. The Morgan fingerprint density at radius 2 is 1.90 bits per heavy atom. The number of hydrogen-bond acceptors (Lipinski definition) is 7. The fourth-order valence-corrected chi connectivity index (χ4v) is 4.20. The van der Waals surface area contributed by atoms with Gasteiger partial charge in [-0.15, -0.1) is 0 Å². The second-order valence-corrected chi connectivity index (χ2v) is 7.88. The number of aryl methyl sites for hydroxylation is 1. The highest BCUT2D eigenvalue weighted by atomic mass is 16.5. The van der Waals surface area contributed by atoms with Crippen molar-refractivity contribution in [3.05, 3.63) is 34.8 Å². The van der Waals surface area contributed by atoms with Crippen LogP contribution in [0.2, 0.25) is 0 Å². The van der Waals surface area contributed by atoms with Crippen molar-refractivity contribution in [2.45, 2.75) is 38.8 Å². The molecule has 1 fully saturated rings. The molecule has 2 aliphatic rings. The quantitative estimate of drug-likeness (QED) is 0.663. The lowest BCUT2D eigenvalue weighted by atomic mass is 9.96. The molecule has 0 aromatic carbocycles. The van der Waals surface area contributed by atoms with Gasteiger partial charge in [0.05, 0.1) is 13.2 Å². The van der Waals surface area contributed by atoms with E-state index in [1.165, 1.54) is 4.68 Å². The Morgan fingerprint density at radius 1 is 1.13 bits per heavy atom. The highest BCUT2D eigenvalue weighted by Gasteiger charge is 2.27. The van der Waals surface area contributed by atoms with Crippen LogP contribution >= 0.6 is 0 Å². The molecule has 1 unspecified atom stereocenters. The van der Waals surface area contributed by atoms with Crippen LogP contribution in [0.5, 0.6) is 0 Å². The van der Waals surface area contributed by atoms with Gasteiger partial charge in [-0.3, -0.25) is 9.36 Å². The average molecular weight is 415 g/mol. The third kappa shape index (κ3) is 4.53. The maximum absolute atomic E-state index is 12.8. The molecule has 30 heavy (non-hydrogen) atoms. The molecule has 1 atom stereocenters. The van der Waals surface area contributed by atoms with Crippen LogP contribution in [-0.4, -0.2) is 75.0 Å². The monoisotopic (exact) mass is 415 g/mol. The minimum atomic E-state index is -0.0757. The molecule has 0 aliphatic carbocycles. The maximum atomic E-state index is 12.8. The molecule has 4 heterocycles. The molecule has 2 aliphatic heterocycles. The lowest BCUT2D eigenvalue weighted by Gasteiger charge is -2.35. The van der Waals surface area contributed by atoms with Crippen LogP contribution in [0.15, 0.2) is 23.3 Å². The first-order valence-electron chi connectivity index (χ1n) is 10.6. The fraction of sp³-hybridized carbons (Fsp3) is 0.650. The van der Waals surface area contributed by atoms with Crippen LogP contribution in [0, 0.1) is 5.92 Å². The number of amides is 1. The number of carbonyl (C=O) groups is 1. The molecule has 2 aromatic rings. The van der Waals surface area contributed by atoms with Crippen LogP contribution in [-0.2, 0) is 29.0 Å². The summed E-state index contributed by atoms with van der Waals surface area (Å²) in [6, 6.07) is 1.80. The molecule has 4 rings (SSSR count). The summed E-state index contributed by atoms with van der Waals surface area (Å²) in [7, 11) is 1.61. The van der Waals surface area contributed by atoms with Crippen molar-refractivity contribution in [3.63, 3.8) is 0 Å². The van der Waals surface area contributed by atoms with E-state index in [4.69, 9.17) is 4.74 Å². The number of ether oxygens (including phenoxy) is 1. The zero-order chi connectivity index (χ0) is 20.9. The standard InChI is InChI=1S/C20H29N7O3/c1-30-14-13-27-20(29)26-8-5-16(3-4-17(26)23-27)15-18(28)24-9-11-25(12-10-24)19-21-6-2-7-22-19/h2,6-7,16H,3-5,8-15H2,1H3. The van der Waals surface area contributed by atoms with Gasteiger partial charge in [0, 0.05) is 65.1 Å². The molecular weight excluding hydrogens is 386 g/mol. The second kappa shape index (κ2) is 9.38. The van der Waals surface area contributed by atoms with Gasteiger partial charge >= 0.3 is 5.69 Å². The number of anilines is 1. The third-order valence-corrected chi connectivity index (χ3v) is 5.97. The summed E-state index contributed by atoms with van der Waals surface area (Å²) >= 11 is 0. The van der Waals surface area contributed by atoms with E-state index in [-0.39, 0.29) is 17.5 Å². The van der Waals surface area contributed by atoms with Crippen molar-refractivity contribution < 1.29 is 9.53 Å². The molecule has 0 N–H and O–H groups in total. The van der Waals surface area contributed by atoms with Gasteiger partial charge in [-0.25, -0.2) is 19.4 Å². The Balaban J connectivity index is 1.28. The molecule has 2 aromatic heterocycles. The molecule has 0 spiro atoms. The molecule has 162 valence electrons. The van der Waals surface area contributed by atoms with Gasteiger partial charge < -0.3 is 14.5 Å². The zero-order valence-electron chi connectivity index (χ0n) is 17.4. The van der Waals surface area contributed by atoms with Crippen molar-refractivity contribution in [1.29, 1.82) is 0 Å². The molecule has 0 bridgehead atoms. The summed E-state index contributed by atoms with van der Waals surface area (Å²) < 4.78 is 8.30. The summed E-state index contributed by atoms with van der Waals surface area (Å²) in [4.78, 5) is 38.0. The van der Waals surface area contributed by atoms with Crippen LogP contribution in [0.25, 0.3) is 0 Å². The van der Waals surface area contributed by atoms with E-state index >= 15 is 0 Å². The number of nitrogens with zero attached hydrogens (tertiary/aromatic N) is 7. The molecule has 10 heteroatoms. The minimum absolute atomic E-state index is 0.0757. The lowest BCUT2D eigenvalue weighted by molar-refractivity contribution is -0.132. The molecule has 0 radical (unpaired) electrons. The van der Waals surface area contributed by atoms with E-state index in [2.05, 4.69) is 20.0 Å². The van der Waals surface area contributed by atoms with E-state index < -0.39 is 0 Å². The van der Waals surface area contributed by atoms with E-state index in [0.29, 0.717) is 39.2 Å². The highest BCUT2D eigenvalue weighted by molar-refractivity contribution is 5.76. The molecule has 0 saturated carbocycles. The van der Waals surface area contributed by atoms with Crippen molar-refractivity contribution >= 4 is 11.9 Å². The van der Waals surface area contributed by atoms with Crippen molar-refractivity contribution in [2.75, 3.05) is 44.8 Å². The number of aromatic nitrogens is 5. The Morgan fingerprint density at radius 3 is 2.63 bits per heavy atom. The Hall–Kier alpha value is -2.75. The maximum Gasteiger partial charge on any atom is 0.345 e. The summed E-state index contributed by atoms with van der Waals surface area (Å²) in [5.41, 5.74) is -0.0757. The Kier molecular flexibility index (Phi) is 6.41. The normalized spacial score (nSPS) is 19.4. The first kappa shape index (κ1) is 20.5. The topological polar surface area (TPSA) is 98.4 Å². The summed E-state index contributed by atoms with van der Waals surface area (Å²) in [6.07, 6.45) is 6.44. The lowest BCUT2D eigenvalue weighted by Crippen LogP contribution is -2.49. The van der Waals surface area contributed by atoms with Crippen LogP contribution in [0.4, 0.5) is 5.95 Å². The molecule has 1 amide bonds. The van der Waals surface area contributed by atoms with Gasteiger partial charge in [-0.05, 0) is 24.8 Å². The third-order valence-electron chi connectivity index (χ3n) is 5.97. The SMILES string of the molecule is COCCn1nc2n(c1=O)CCC(CC(=O)N1CCN(c3ncccn3)CC1)CC2. The highest BCUT2D eigenvalue weighted by Crippen LogP contribution is 2.22. The van der Waals surface area contributed by atoms with Gasteiger partial charge in [0.2, 0.25) is 11.9 Å². The van der Waals surface area contributed by atoms with Crippen LogP contribution in [0.1, 0.15) is 25.1 Å². The predicted octanol–water partition coefficient (Wildman–Crippen LogP) is 0.173. The summed E-state index contributed by atoms with van der Waals surface area (Å²) in [5, 5.41) is 4.46. The number of hydrogen-bond donors (Lipinski definition) is 0. The molecule has 1 saturated heterocycles. The van der Waals surface area contributed by atoms with E-state index in [1.54, 1.807) is 30.1 Å². The van der Waals surface area contributed by atoms with Crippen LogP contribution in [0.3, 0.4) is 0 Å². The van der Waals surface area contributed by atoms with Crippen molar-refractivity contribution in [2.24, 2.45) is 5.92 Å². The predicted molar refractivity (Wildman–Crippen MR) is 110 cm³/mol. The smallest absolute Gasteiger partial charge is 0.345 e. The second-order valence-electron chi connectivity index (χ2n) is 7.88. The first-order chi connectivity index (χ1) is 14.7. The number of methoxy groups -OCH3 is 1. The van der Waals surface area contributed by atoms with Crippen molar-refractivity contribution in [1.82, 2.24) is 29.2 Å². The number of fused-ring (bicyclic) bond motifs is 1. The molecular formula is C20H29N7O3. The van der Waals surface area contributed by atoms with Gasteiger partial charge in [0.25, 0.3) is 0 Å². The Bertz CT molecular complexity index is 903. The number of piperazine rings is 1. The largest absolute Gasteiger partial charge is 0.383 e. The number of carbonyl (C=O) groups excluding carboxylic acids is 1. The fourth-order valence-electron chi connectivity index (χ4n) is 4.20. The zero-order valence-corrected chi connectivity index (χ0v) is 17.4. The Labute approximate surface area is 175 Å². The first-order valence-corrected chi connectivity index (χ1v) is 10.6. The molecule has 10 nitrogen and oxygen atoms in total. The van der Waals surface area contributed by atoms with Crippen LogP contribution < -0.4 is 10.6 Å². The van der Waals surface area contributed by atoms with Gasteiger partial charge in [-0.2, -0.15) is 5.10 Å². The van der Waals surface area contributed by atoms with Gasteiger partial charge in [0.15, 0.2) is 0 Å².